The molecule has 1 heterocycles. The van der Waals surface area contributed by atoms with E-state index in [0.717, 1.165) is 21.4 Å². The Morgan fingerprint density at radius 2 is 1.66 bits per heavy atom. The molecule has 0 bridgehead atoms. The molecule has 8 heteroatoms. The number of alkyl halides is 2. The van der Waals surface area contributed by atoms with Crippen molar-refractivity contribution in [2.75, 3.05) is 12.4 Å². The van der Waals surface area contributed by atoms with Gasteiger partial charge in [-0.1, -0.05) is 30.3 Å². The highest BCUT2D eigenvalue weighted by Crippen LogP contribution is 2.25. The van der Waals surface area contributed by atoms with Crippen molar-refractivity contribution in [2.45, 2.75) is 25.4 Å². The number of ether oxygens (including phenoxy) is 2. The third kappa shape index (κ3) is 5.89. The second-order valence-corrected chi connectivity index (χ2v) is 8.92. The molecule has 0 spiro atoms. The lowest BCUT2D eigenvalue weighted by molar-refractivity contribution is -0.139. The summed E-state index contributed by atoms with van der Waals surface area (Å²) in [6.07, 6.45) is 0. The Labute approximate surface area is 205 Å². The van der Waals surface area contributed by atoms with Crippen LogP contribution in [0.2, 0.25) is 0 Å². The van der Waals surface area contributed by atoms with Crippen LogP contribution in [0.15, 0.2) is 77.7 Å². The molecule has 0 aliphatic carbocycles. The average Bonchev–Trinajstić information content (AvgIpc) is 3.15. The smallest absolute Gasteiger partial charge is 0.387 e. The highest BCUT2D eigenvalue weighted by atomic mass is 32.2. The lowest BCUT2D eigenvalue weighted by Gasteiger charge is -2.11. The van der Waals surface area contributed by atoms with Gasteiger partial charge in [0.15, 0.2) is 6.61 Å². The van der Waals surface area contributed by atoms with Gasteiger partial charge in [0.2, 0.25) is 5.78 Å². The van der Waals surface area contributed by atoms with E-state index in [1.807, 2.05) is 54.0 Å². The number of carbonyl (C=O) groups excluding carboxylic acids is 2. The quantitative estimate of drug-likeness (QED) is 0.153. The summed E-state index contributed by atoms with van der Waals surface area (Å²) >= 11 is 1.36. The van der Waals surface area contributed by atoms with Gasteiger partial charge in [-0.05, 0) is 67.1 Å². The van der Waals surface area contributed by atoms with Gasteiger partial charge in [0.1, 0.15) is 5.75 Å². The molecule has 0 atom stereocenters. The van der Waals surface area contributed by atoms with Crippen molar-refractivity contribution in [3.63, 3.8) is 0 Å². The maximum absolute atomic E-state index is 12.8. The van der Waals surface area contributed by atoms with Crippen LogP contribution in [0, 0.1) is 13.8 Å². The molecular formula is C27H23F2NO4S. The van der Waals surface area contributed by atoms with E-state index in [1.54, 1.807) is 25.1 Å². The van der Waals surface area contributed by atoms with E-state index in [0.29, 0.717) is 16.9 Å². The summed E-state index contributed by atoms with van der Waals surface area (Å²) in [5.41, 5.74) is 2.58. The Kier molecular flexibility index (Phi) is 7.51. The van der Waals surface area contributed by atoms with E-state index in [2.05, 4.69) is 4.74 Å². The van der Waals surface area contributed by atoms with Gasteiger partial charge >= 0.3 is 12.6 Å². The van der Waals surface area contributed by atoms with Gasteiger partial charge < -0.3 is 14.0 Å². The monoisotopic (exact) mass is 495 g/mol. The first kappa shape index (κ1) is 24.5. The van der Waals surface area contributed by atoms with Crippen LogP contribution in [-0.2, 0) is 9.53 Å². The van der Waals surface area contributed by atoms with Crippen LogP contribution in [0.4, 0.5) is 8.78 Å². The van der Waals surface area contributed by atoms with E-state index in [-0.39, 0.29) is 23.9 Å². The molecule has 5 nitrogen and oxygen atoms in total. The zero-order valence-corrected chi connectivity index (χ0v) is 20.0. The first-order valence-electron chi connectivity index (χ1n) is 10.9. The SMILES string of the molecule is Cc1cc(C(=O)COC(=O)CSc2ccc3ccccc3c2)c(C)n1-c1ccc(OC(F)F)cc1. The molecule has 0 saturated carbocycles. The fourth-order valence-electron chi connectivity index (χ4n) is 3.88. The number of esters is 1. The van der Waals surface area contributed by atoms with Crippen LogP contribution in [0.1, 0.15) is 21.7 Å². The minimum Gasteiger partial charge on any atom is -0.457 e. The zero-order valence-electron chi connectivity index (χ0n) is 19.2. The summed E-state index contributed by atoms with van der Waals surface area (Å²) in [4.78, 5) is 25.9. The highest BCUT2D eigenvalue weighted by Gasteiger charge is 2.18. The number of carbonyl (C=O) groups is 2. The van der Waals surface area contributed by atoms with Crippen molar-refractivity contribution in [1.82, 2.24) is 4.57 Å². The number of aromatic nitrogens is 1. The molecule has 0 aliphatic rings. The number of aryl methyl sites for hydroxylation is 1. The minimum absolute atomic E-state index is 0.0518. The number of benzene rings is 3. The Morgan fingerprint density at radius 3 is 2.37 bits per heavy atom. The fraction of sp³-hybridized carbons (Fsp3) is 0.185. The molecule has 3 aromatic carbocycles. The van der Waals surface area contributed by atoms with Crippen LogP contribution in [0.3, 0.4) is 0 Å². The minimum atomic E-state index is -2.89. The van der Waals surface area contributed by atoms with Crippen LogP contribution in [0.25, 0.3) is 16.5 Å². The molecule has 0 amide bonds. The van der Waals surface area contributed by atoms with Gasteiger partial charge in [0.05, 0.1) is 5.75 Å². The second kappa shape index (κ2) is 10.7. The standard InChI is InChI=1S/C27H23F2NO4S/c1-17-13-24(18(2)30(17)21-8-10-22(11-9-21)34-27(28)29)25(31)15-33-26(32)16-35-23-12-7-19-5-3-4-6-20(19)14-23/h3-14,27H,15-16H2,1-2H3. The molecule has 0 N–H and O–H groups in total. The molecule has 0 radical (unpaired) electrons. The topological polar surface area (TPSA) is 57.5 Å². The van der Waals surface area contributed by atoms with Gasteiger partial charge in [0, 0.05) is 27.5 Å². The van der Waals surface area contributed by atoms with Crippen molar-refractivity contribution < 1.29 is 27.8 Å². The lowest BCUT2D eigenvalue weighted by atomic mass is 10.1. The Balaban J connectivity index is 1.35. The number of thioether (sulfide) groups is 1. The van der Waals surface area contributed by atoms with E-state index < -0.39 is 12.6 Å². The number of Topliss-reactive ketones (excluding diaryl/α,β-unsaturated/α-hetero) is 1. The first-order valence-corrected chi connectivity index (χ1v) is 11.8. The summed E-state index contributed by atoms with van der Waals surface area (Å²) < 4.78 is 36.2. The van der Waals surface area contributed by atoms with Crippen LogP contribution >= 0.6 is 11.8 Å². The van der Waals surface area contributed by atoms with Crippen molar-refractivity contribution in [1.29, 1.82) is 0 Å². The second-order valence-electron chi connectivity index (χ2n) is 7.87. The molecule has 0 unspecified atom stereocenters. The number of rotatable bonds is 9. The zero-order chi connectivity index (χ0) is 24.9. The van der Waals surface area contributed by atoms with Crippen LogP contribution in [0.5, 0.6) is 5.75 Å². The Bertz CT molecular complexity index is 1370. The van der Waals surface area contributed by atoms with Crippen LogP contribution < -0.4 is 4.74 Å². The molecule has 1 aromatic heterocycles. The Morgan fingerprint density at radius 1 is 0.943 bits per heavy atom. The number of halogens is 2. The van der Waals surface area contributed by atoms with Gasteiger partial charge in [-0.2, -0.15) is 8.78 Å². The van der Waals surface area contributed by atoms with E-state index in [4.69, 9.17) is 4.74 Å². The predicted molar refractivity (Wildman–Crippen MR) is 132 cm³/mol. The molecule has 180 valence electrons. The van der Waals surface area contributed by atoms with Crippen LogP contribution in [-0.4, -0.2) is 35.3 Å². The first-order chi connectivity index (χ1) is 16.8. The highest BCUT2D eigenvalue weighted by molar-refractivity contribution is 8.00. The maximum atomic E-state index is 12.8. The molecule has 4 rings (SSSR count). The van der Waals surface area contributed by atoms with Gasteiger partial charge in [-0.25, -0.2) is 0 Å². The Hall–Kier alpha value is -3.65. The third-order valence-electron chi connectivity index (χ3n) is 5.49. The molecule has 0 saturated heterocycles. The number of hydrogen-bond acceptors (Lipinski definition) is 5. The molecule has 0 fully saturated rings. The normalized spacial score (nSPS) is 11.1. The predicted octanol–water partition coefficient (Wildman–Crippen LogP) is 6.37. The largest absolute Gasteiger partial charge is 0.457 e. The van der Waals surface area contributed by atoms with E-state index in [1.165, 1.54) is 23.9 Å². The average molecular weight is 496 g/mol. The third-order valence-corrected chi connectivity index (χ3v) is 6.46. The van der Waals surface area contributed by atoms with Gasteiger partial charge in [-0.15, -0.1) is 11.8 Å². The van der Waals surface area contributed by atoms with Crippen molar-refractivity contribution in [2.24, 2.45) is 0 Å². The summed E-state index contributed by atoms with van der Waals surface area (Å²) in [6, 6.07) is 21.8. The summed E-state index contributed by atoms with van der Waals surface area (Å²) in [6.45, 7) is 0.359. The number of hydrogen-bond donors (Lipinski definition) is 0. The van der Waals surface area contributed by atoms with Crippen molar-refractivity contribution in [3.8, 4) is 11.4 Å². The fourth-order valence-corrected chi connectivity index (χ4v) is 4.63. The summed E-state index contributed by atoms with van der Waals surface area (Å²) in [5.74, 6) is -0.639. The number of ketones is 1. The summed E-state index contributed by atoms with van der Waals surface area (Å²) in [5, 5.41) is 2.22. The lowest BCUT2D eigenvalue weighted by Crippen LogP contribution is -2.16. The molecular weight excluding hydrogens is 472 g/mol. The molecule has 4 aromatic rings. The maximum Gasteiger partial charge on any atom is 0.387 e. The van der Waals surface area contributed by atoms with E-state index in [9.17, 15) is 18.4 Å². The van der Waals surface area contributed by atoms with Gasteiger partial charge in [-0.3, -0.25) is 9.59 Å². The molecule has 0 aliphatic heterocycles. The van der Waals surface area contributed by atoms with Gasteiger partial charge in [0.25, 0.3) is 0 Å². The van der Waals surface area contributed by atoms with Crippen molar-refractivity contribution in [3.05, 3.63) is 89.7 Å². The number of nitrogens with zero attached hydrogens (tertiary/aromatic N) is 1. The summed E-state index contributed by atoms with van der Waals surface area (Å²) in [7, 11) is 0. The van der Waals surface area contributed by atoms with Crippen molar-refractivity contribution >= 4 is 34.3 Å². The molecule has 35 heavy (non-hydrogen) atoms. The number of fused-ring (bicyclic) bond motifs is 1. The van der Waals surface area contributed by atoms with E-state index >= 15 is 0 Å².